The lowest BCUT2D eigenvalue weighted by atomic mass is 9.95. The lowest BCUT2D eigenvalue weighted by Gasteiger charge is -2.13. The predicted molar refractivity (Wildman–Crippen MR) is 72.6 cm³/mol. The molecule has 1 unspecified atom stereocenters. The number of aliphatic hydroxyl groups is 1. The highest BCUT2D eigenvalue weighted by Gasteiger charge is 2.13. The Kier molecular flexibility index (Phi) is 4.15. The van der Waals surface area contributed by atoms with E-state index in [0.29, 0.717) is 6.04 Å². The van der Waals surface area contributed by atoms with E-state index in [0.717, 1.165) is 12.1 Å². The minimum Gasteiger partial charge on any atom is -0.396 e. The second-order valence-corrected chi connectivity index (χ2v) is 4.88. The van der Waals surface area contributed by atoms with Crippen molar-refractivity contribution in [1.82, 2.24) is 9.78 Å². The highest BCUT2D eigenvalue weighted by atomic mass is 16.3. The van der Waals surface area contributed by atoms with E-state index < -0.39 is 0 Å². The normalized spacial score (nSPS) is 12.9. The van der Waals surface area contributed by atoms with Crippen LogP contribution in [0.2, 0.25) is 0 Å². The summed E-state index contributed by atoms with van der Waals surface area (Å²) < 4.78 is 1.95. The van der Waals surface area contributed by atoms with E-state index in [9.17, 15) is 5.11 Å². The van der Waals surface area contributed by atoms with Gasteiger partial charge in [-0.1, -0.05) is 30.3 Å². The highest BCUT2D eigenvalue weighted by Crippen LogP contribution is 2.19. The van der Waals surface area contributed by atoms with Crippen LogP contribution >= 0.6 is 0 Å². The molecule has 96 valence electrons. The van der Waals surface area contributed by atoms with Gasteiger partial charge in [-0.2, -0.15) is 5.10 Å². The van der Waals surface area contributed by atoms with E-state index >= 15 is 0 Å². The average Bonchev–Trinajstić information content (AvgIpc) is 2.86. The molecule has 2 aromatic rings. The largest absolute Gasteiger partial charge is 0.396 e. The van der Waals surface area contributed by atoms with Crippen LogP contribution in [-0.4, -0.2) is 21.5 Å². The van der Waals surface area contributed by atoms with Gasteiger partial charge < -0.3 is 5.11 Å². The molecule has 1 atom stereocenters. The van der Waals surface area contributed by atoms with Crippen LogP contribution in [0.5, 0.6) is 0 Å². The summed E-state index contributed by atoms with van der Waals surface area (Å²) in [6.07, 6.45) is 2.78. The molecule has 1 aromatic carbocycles. The summed E-state index contributed by atoms with van der Waals surface area (Å²) in [6.45, 7) is 4.37. The maximum Gasteiger partial charge on any atom is 0.0631 e. The molecule has 0 aliphatic rings. The quantitative estimate of drug-likeness (QED) is 0.878. The van der Waals surface area contributed by atoms with E-state index in [1.54, 1.807) is 0 Å². The number of hydrogen-bond donors (Lipinski definition) is 1. The summed E-state index contributed by atoms with van der Waals surface area (Å²) in [5.74, 6) is 0.127. The van der Waals surface area contributed by atoms with Gasteiger partial charge in [0.2, 0.25) is 0 Å². The monoisotopic (exact) mass is 244 g/mol. The molecule has 1 aromatic heterocycles. The van der Waals surface area contributed by atoms with Crippen molar-refractivity contribution in [2.24, 2.45) is 0 Å². The van der Waals surface area contributed by atoms with Crippen molar-refractivity contribution < 1.29 is 5.11 Å². The SMILES string of the molecule is CC(C)n1ccc(CC(CO)c2ccccc2)n1. The minimum atomic E-state index is 0.127. The Bertz CT molecular complexity index is 476. The standard InChI is InChI=1S/C15H20N2O/c1-12(2)17-9-8-15(16-17)10-14(11-18)13-6-4-3-5-7-13/h3-9,12,14,18H,10-11H2,1-2H3. The molecule has 0 saturated heterocycles. The maximum absolute atomic E-state index is 9.52. The summed E-state index contributed by atoms with van der Waals surface area (Å²) in [7, 11) is 0. The van der Waals surface area contributed by atoms with E-state index in [4.69, 9.17) is 0 Å². The molecule has 0 spiro atoms. The molecule has 18 heavy (non-hydrogen) atoms. The van der Waals surface area contributed by atoms with Crippen LogP contribution in [0.15, 0.2) is 42.6 Å². The fraction of sp³-hybridized carbons (Fsp3) is 0.400. The van der Waals surface area contributed by atoms with Crippen LogP contribution in [0, 0.1) is 0 Å². The van der Waals surface area contributed by atoms with E-state index in [1.807, 2.05) is 35.1 Å². The van der Waals surface area contributed by atoms with Crippen molar-refractivity contribution >= 4 is 0 Å². The van der Waals surface area contributed by atoms with Crippen LogP contribution < -0.4 is 0 Å². The van der Waals surface area contributed by atoms with Gasteiger partial charge in [-0.15, -0.1) is 0 Å². The molecule has 0 aliphatic carbocycles. The third-order valence-electron chi connectivity index (χ3n) is 3.14. The molecule has 0 radical (unpaired) electrons. The van der Waals surface area contributed by atoms with Crippen molar-refractivity contribution in [3.05, 3.63) is 53.9 Å². The zero-order valence-electron chi connectivity index (χ0n) is 11.0. The molecule has 2 rings (SSSR count). The van der Waals surface area contributed by atoms with E-state index in [-0.39, 0.29) is 12.5 Å². The molecule has 0 amide bonds. The molecule has 0 aliphatic heterocycles. The van der Waals surface area contributed by atoms with Gasteiger partial charge in [0.25, 0.3) is 0 Å². The van der Waals surface area contributed by atoms with Crippen LogP contribution in [-0.2, 0) is 6.42 Å². The smallest absolute Gasteiger partial charge is 0.0631 e. The van der Waals surface area contributed by atoms with Gasteiger partial charge in [0.15, 0.2) is 0 Å². The van der Waals surface area contributed by atoms with E-state index in [1.165, 1.54) is 5.56 Å². The first kappa shape index (κ1) is 12.8. The van der Waals surface area contributed by atoms with Gasteiger partial charge in [0, 0.05) is 24.6 Å². The minimum absolute atomic E-state index is 0.127. The van der Waals surface area contributed by atoms with E-state index in [2.05, 4.69) is 31.1 Å². The van der Waals surface area contributed by atoms with Gasteiger partial charge in [0.05, 0.1) is 12.3 Å². The number of hydrogen-bond acceptors (Lipinski definition) is 2. The summed E-state index contributed by atoms with van der Waals surface area (Å²) >= 11 is 0. The van der Waals surface area contributed by atoms with Crippen LogP contribution in [0.3, 0.4) is 0 Å². The van der Waals surface area contributed by atoms with Gasteiger partial charge in [-0.05, 0) is 25.5 Å². The Morgan fingerprint density at radius 1 is 1.17 bits per heavy atom. The Hall–Kier alpha value is -1.61. The van der Waals surface area contributed by atoms with Gasteiger partial charge in [0.1, 0.15) is 0 Å². The average molecular weight is 244 g/mol. The molecule has 0 fully saturated rings. The summed E-state index contributed by atoms with van der Waals surface area (Å²) in [6, 6.07) is 12.5. The second kappa shape index (κ2) is 5.83. The fourth-order valence-electron chi connectivity index (χ4n) is 2.04. The Morgan fingerprint density at radius 3 is 2.44 bits per heavy atom. The zero-order chi connectivity index (χ0) is 13.0. The van der Waals surface area contributed by atoms with Crippen molar-refractivity contribution in [1.29, 1.82) is 0 Å². The maximum atomic E-state index is 9.52. The van der Waals surface area contributed by atoms with Crippen LogP contribution in [0.4, 0.5) is 0 Å². The first-order valence-electron chi connectivity index (χ1n) is 6.40. The molecule has 0 saturated carbocycles. The first-order valence-corrected chi connectivity index (χ1v) is 6.40. The Labute approximate surface area is 108 Å². The van der Waals surface area contributed by atoms with Crippen molar-refractivity contribution in [3.63, 3.8) is 0 Å². The van der Waals surface area contributed by atoms with Crippen molar-refractivity contribution in [2.75, 3.05) is 6.61 Å². The number of benzene rings is 1. The third kappa shape index (κ3) is 2.99. The molecular formula is C15H20N2O. The van der Waals surface area contributed by atoms with Crippen molar-refractivity contribution in [3.8, 4) is 0 Å². The molecule has 3 nitrogen and oxygen atoms in total. The number of rotatable bonds is 5. The topological polar surface area (TPSA) is 38.0 Å². The lowest BCUT2D eigenvalue weighted by molar-refractivity contribution is 0.263. The molecule has 3 heteroatoms. The summed E-state index contributed by atoms with van der Waals surface area (Å²) in [5.41, 5.74) is 2.20. The number of aliphatic hydroxyl groups excluding tert-OH is 1. The predicted octanol–water partition coefficient (Wildman–Crippen LogP) is 2.78. The number of aromatic nitrogens is 2. The van der Waals surface area contributed by atoms with Gasteiger partial charge in [-0.25, -0.2) is 0 Å². The summed E-state index contributed by atoms with van der Waals surface area (Å²) in [4.78, 5) is 0. The highest BCUT2D eigenvalue weighted by molar-refractivity contribution is 5.21. The fourth-order valence-corrected chi connectivity index (χ4v) is 2.04. The number of nitrogens with zero attached hydrogens (tertiary/aromatic N) is 2. The lowest BCUT2D eigenvalue weighted by Crippen LogP contribution is -2.09. The van der Waals surface area contributed by atoms with Gasteiger partial charge >= 0.3 is 0 Å². The zero-order valence-corrected chi connectivity index (χ0v) is 11.0. The summed E-state index contributed by atoms with van der Waals surface area (Å²) in [5, 5.41) is 14.1. The molecule has 1 heterocycles. The first-order chi connectivity index (χ1) is 8.70. The Morgan fingerprint density at radius 2 is 1.89 bits per heavy atom. The molecule has 0 bridgehead atoms. The second-order valence-electron chi connectivity index (χ2n) is 4.88. The van der Waals surface area contributed by atoms with Crippen LogP contribution in [0.25, 0.3) is 0 Å². The molecule has 1 N–H and O–H groups in total. The third-order valence-corrected chi connectivity index (χ3v) is 3.14. The van der Waals surface area contributed by atoms with Gasteiger partial charge in [-0.3, -0.25) is 4.68 Å². The van der Waals surface area contributed by atoms with Crippen molar-refractivity contribution in [2.45, 2.75) is 32.2 Å². The van der Waals surface area contributed by atoms with Crippen LogP contribution in [0.1, 0.15) is 37.1 Å². The molecular weight excluding hydrogens is 224 g/mol. The Balaban J connectivity index is 2.10.